The summed E-state index contributed by atoms with van der Waals surface area (Å²) < 4.78 is 18.0. The fraction of sp³-hybridized carbons (Fsp3) is 0.375. The second-order valence-corrected chi connectivity index (χ2v) is 3.76. The van der Waals surface area contributed by atoms with Crippen molar-refractivity contribution in [2.75, 3.05) is 13.1 Å². The predicted molar refractivity (Wildman–Crippen MR) is 47.2 cm³/mol. The molecule has 1 amide bonds. The second kappa shape index (κ2) is 3.14. The summed E-state index contributed by atoms with van der Waals surface area (Å²) in [6, 6.07) is 1.64. The summed E-state index contributed by atoms with van der Waals surface area (Å²) >= 11 is 3.17. The minimum absolute atomic E-state index is 0.173. The van der Waals surface area contributed by atoms with Crippen LogP contribution in [-0.4, -0.2) is 30.1 Å². The molecule has 2 rings (SSSR count). The molecule has 70 valence electrons. The van der Waals surface area contributed by atoms with Crippen molar-refractivity contribution in [1.29, 1.82) is 0 Å². The lowest BCUT2D eigenvalue weighted by atomic mass is 10.2. The number of halogens is 2. The van der Waals surface area contributed by atoms with E-state index in [-0.39, 0.29) is 24.8 Å². The predicted octanol–water partition coefficient (Wildman–Crippen LogP) is 1.84. The Morgan fingerprint density at radius 3 is 2.85 bits per heavy atom. The second-order valence-electron chi connectivity index (χ2n) is 2.91. The average Bonchev–Trinajstić information content (AvgIpc) is 2.44. The van der Waals surface area contributed by atoms with Crippen LogP contribution in [0.15, 0.2) is 21.2 Å². The fourth-order valence-corrected chi connectivity index (χ4v) is 1.55. The molecule has 0 radical (unpaired) electrons. The Hall–Kier alpha value is -0.840. The number of furan rings is 1. The molecule has 1 fully saturated rings. The summed E-state index contributed by atoms with van der Waals surface area (Å²) in [6.07, 6.45) is 0.544. The van der Waals surface area contributed by atoms with E-state index in [1.54, 1.807) is 6.07 Å². The maximum Gasteiger partial charge on any atom is 0.290 e. The van der Waals surface area contributed by atoms with Crippen LogP contribution in [0.4, 0.5) is 4.39 Å². The van der Waals surface area contributed by atoms with E-state index in [1.807, 2.05) is 0 Å². The number of hydrogen-bond acceptors (Lipinski definition) is 2. The van der Waals surface area contributed by atoms with Crippen LogP contribution in [0.1, 0.15) is 10.6 Å². The summed E-state index contributed by atoms with van der Waals surface area (Å²) in [5, 5.41) is 0. The molecule has 0 bridgehead atoms. The summed E-state index contributed by atoms with van der Waals surface area (Å²) in [7, 11) is 0. The first-order chi connectivity index (χ1) is 6.18. The lowest BCUT2D eigenvalue weighted by molar-refractivity contribution is 0.0370. The van der Waals surface area contributed by atoms with Gasteiger partial charge in [0.05, 0.1) is 23.8 Å². The van der Waals surface area contributed by atoms with E-state index in [0.29, 0.717) is 4.47 Å². The van der Waals surface area contributed by atoms with E-state index in [2.05, 4.69) is 15.9 Å². The van der Waals surface area contributed by atoms with Gasteiger partial charge < -0.3 is 9.32 Å². The Morgan fingerprint density at radius 2 is 2.38 bits per heavy atom. The van der Waals surface area contributed by atoms with Gasteiger partial charge in [-0.05, 0) is 22.0 Å². The van der Waals surface area contributed by atoms with Gasteiger partial charge in [-0.1, -0.05) is 0 Å². The van der Waals surface area contributed by atoms with Gasteiger partial charge in [-0.15, -0.1) is 0 Å². The molecule has 1 aliphatic heterocycles. The number of hydrogen-bond donors (Lipinski definition) is 0. The number of likely N-dealkylation sites (tertiary alicyclic amines) is 1. The maximum absolute atomic E-state index is 12.4. The van der Waals surface area contributed by atoms with Crippen molar-refractivity contribution in [1.82, 2.24) is 4.90 Å². The monoisotopic (exact) mass is 247 g/mol. The van der Waals surface area contributed by atoms with Crippen molar-refractivity contribution < 1.29 is 13.6 Å². The minimum Gasteiger partial charge on any atom is -0.458 e. The third-order valence-corrected chi connectivity index (χ3v) is 2.56. The number of rotatable bonds is 1. The standard InChI is InChI=1S/C8H7BrFNO2/c9-6-1-2-13-7(6)8(12)11-3-5(10)4-11/h1-2,5H,3-4H2. The number of carbonyl (C=O) groups is 1. The van der Waals surface area contributed by atoms with Crippen molar-refractivity contribution in [3.05, 3.63) is 22.6 Å². The third kappa shape index (κ3) is 1.48. The third-order valence-electron chi connectivity index (χ3n) is 1.94. The van der Waals surface area contributed by atoms with Crippen LogP contribution in [0.25, 0.3) is 0 Å². The smallest absolute Gasteiger partial charge is 0.290 e. The molecule has 1 aliphatic rings. The van der Waals surface area contributed by atoms with Gasteiger partial charge in [0.2, 0.25) is 5.76 Å². The lowest BCUT2D eigenvalue weighted by Gasteiger charge is -2.33. The summed E-state index contributed by atoms with van der Waals surface area (Å²) in [4.78, 5) is 12.9. The molecule has 0 saturated carbocycles. The first-order valence-electron chi connectivity index (χ1n) is 3.85. The van der Waals surface area contributed by atoms with Crippen molar-refractivity contribution in [3.63, 3.8) is 0 Å². The maximum atomic E-state index is 12.4. The van der Waals surface area contributed by atoms with Gasteiger partial charge in [-0.25, -0.2) is 4.39 Å². The van der Waals surface area contributed by atoms with Gasteiger partial charge >= 0.3 is 0 Å². The number of nitrogens with zero attached hydrogens (tertiary/aromatic N) is 1. The van der Waals surface area contributed by atoms with Gasteiger partial charge in [0.15, 0.2) is 0 Å². The van der Waals surface area contributed by atoms with Crippen LogP contribution in [0.2, 0.25) is 0 Å². The van der Waals surface area contributed by atoms with E-state index >= 15 is 0 Å². The van der Waals surface area contributed by atoms with Crippen molar-refractivity contribution in [2.24, 2.45) is 0 Å². The van der Waals surface area contributed by atoms with Crippen LogP contribution in [0, 0.1) is 0 Å². The highest BCUT2D eigenvalue weighted by atomic mass is 79.9. The molecule has 3 nitrogen and oxygen atoms in total. The summed E-state index contributed by atoms with van der Waals surface area (Å²) in [5.74, 6) is -0.0160. The molecule has 1 aromatic rings. The molecule has 0 aliphatic carbocycles. The van der Waals surface area contributed by atoms with Gasteiger partial charge in [0.1, 0.15) is 6.17 Å². The van der Waals surface area contributed by atoms with Crippen LogP contribution >= 0.6 is 15.9 Å². The number of alkyl halides is 1. The molecule has 1 aromatic heterocycles. The Kier molecular flexibility index (Phi) is 2.11. The first-order valence-corrected chi connectivity index (χ1v) is 4.64. The van der Waals surface area contributed by atoms with Crippen LogP contribution < -0.4 is 0 Å². The highest BCUT2D eigenvalue weighted by Gasteiger charge is 2.33. The van der Waals surface area contributed by atoms with Gasteiger partial charge in [0.25, 0.3) is 5.91 Å². The van der Waals surface area contributed by atoms with Gasteiger partial charge in [0, 0.05) is 0 Å². The number of carbonyl (C=O) groups excluding carboxylic acids is 1. The van der Waals surface area contributed by atoms with Crippen LogP contribution in [0.5, 0.6) is 0 Å². The highest BCUT2D eigenvalue weighted by Crippen LogP contribution is 2.22. The Balaban J connectivity index is 2.10. The van der Waals surface area contributed by atoms with E-state index < -0.39 is 6.17 Å². The molecule has 0 unspecified atom stereocenters. The number of amides is 1. The van der Waals surface area contributed by atoms with Gasteiger partial charge in [-0.3, -0.25) is 4.79 Å². The average molecular weight is 248 g/mol. The molecule has 2 heterocycles. The molecular weight excluding hydrogens is 241 g/mol. The molecular formula is C8H7BrFNO2. The van der Waals surface area contributed by atoms with E-state index in [1.165, 1.54) is 11.2 Å². The van der Waals surface area contributed by atoms with E-state index in [9.17, 15) is 9.18 Å². The fourth-order valence-electron chi connectivity index (χ4n) is 1.18. The molecule has 0 spiro atoms. The zero-order valence-electron chi connectivity index (χ0n) is 6.67. The van der Waals surface area contributed by atoms with Gasteiger partial charge in [-0.2, -0.15) is 0 Å². The molecule has 0 aromatic carbocycles. The molecule has 0 atom stereocenters. The Morgan fingerprint density at radius 1 is 1.69 bits per heavy atom. The molecule has 1 saturated heterocycles. The molecule has 13 heavy (non-hydrogen) atoms. The minimum atomic E-state index is -0.877. The van der Waals surface area contributed by atoms with Crippen LogP contribution in [0.3, 0.4) is 0 Å². The zero-order valence-corrected chi connectivity index (χ0v) is 8.25. The van der Waals surface area contributed by atoms with E-state index in [0.717, 1.165) is 0 Å². The van der Waals surface area contributed by atoms with Crippen molar-refractivity contribution >= 4 is 21.8 Å². The van der Waals surface area contributed by atoms with Crippen molar-refractivity contribution in [2.45, 2.75) is 6.17 Å². The lowest BCUT2D eigenvalue weighted by Crippen LogP contribution is -2.51. The largest absolute Gasteiger partial charge is 0.458 e. The van der Waals surface area contributed by atoms with E-state index in [4.69, 9.17) is 4.42 Å². The first kappa shape index (κ1) is 8.74. The molecule has 0 N–H and O–H groups in total. The zero-order chi connectivity index (χ0) is 9.42. The van der Waals surface area contributed by atoms with Crippen molar-refractivity contribution in [3.8, 4) is 0 Å². The van der Waals surface area contributed by atoms with Crippen LogP contribution in [-0.2, 0) is 0 Å². The SMILES string of the molecule is O=C(c1occc1Br)N1CC(F)C1. The summed E-state index contributed by atoms with van der Waals surface area (Å²) in [5.41, 5.74) is 0. The Bertz CT molecular complexity index is 333. The topological polar surface area (TPSA) is 33.5 Å². The molecule has 5 heteroatoms. The Labute approximate surface area is 82.6 Å². The summed E-state index contributed by atoms with van der Waals surface area (Å²) in [6.45, 7) is 0.345. The highest BCUT2D eigenvalue weighted by molar-refractivity contribution is 9.10. The quantitative estimate of drug-likeness (QED) is 0.759. The normalized spacial score (nSPS) is 17.2.